The highest BCUT2D eigenvalue weighted by Gasteiger charge is 2.11. The number of ether oxygens (including phenoxy) is 1. The van der Waals surface area contributed by atoms with E-state index in [9.17, 15) is 9.00 Å². The van der Waals surface area contributed by atoms with E-state index in [1.165, 1.54) is 7.11 Å². The third kappa shape index (κ3) is 3.88. The third-order valence-electron chi connectivity index (χ3n) is 4.42. The van der Waals surface area contributed by atoms with Crippen molar-refractivity contribution in [2.45, 2.75) is 4.90 Å². The van der Waals surface area contributed by atoms with Crippen molar-refractivity contribution in [1.82, 2.24) is 14.6 Å². The van der Waals surface area contributed by atoms with E-state index in [1.807, 2.05) is 42.6 Å². The number of fused-ring (bicyclic) bond motifs is 1. The molecular formula is C21H18N4O3S. The Morgan fingerprint density at radius 1 is 1.07 bits per heavy atom. The molecule has 4 aromatic rings. The average Bonchev–Trinajstić information content (AvgIpc) is 3.16. The molecule has 0 spiro atoms. The maximum absolute atomic E-state index is 11.6. The van der Waals surface area contributed by atoms with Crippen LogP contribution in [0, 0.1) is 0 Å². The fourth-order valence-corrected chi connectivity index (χ4v) is 3.47. The van der Waals surface area contributed by atoms with Crippen LogP contribution in [0.25, 0.3) is 16.8 Å². The molecule has 0 aliphatic heterocycles. The number of nitrogens with zero attached hydrogens (tertiary/aromatic N) is 3. The van der Waals surface area contributed by atoms with Crippen molar-refractivity contribution in [3.8, 4) is 11.1 Å². The van der Waals surface area contributed by atoms with Crippen LogP contribution >= 0.6 is 0 Å². The Hall–Kier alpha value is -3.52. The zero-order valence-corrected chi connectivity index (χ0v) is 16.6. The molecule has 1 N–H and O–H groups in total. The third-order valence-corrected chi connectivity index (χ3v) is 5.36. The minimum Gasteiger partial charge on any atom is -0.465 e. The number of benzene rings is 2. The van der Waals surface area contributed by atoms with Crippen LogP contribution in [0.3, 0.4) is 0 Å². The molecule has 1 unspecified atom stereocenters. The number of methoxy groups -OCH3 is 1. The summed E-state index contributed by atoms with van der Waals surface area (Å²) in [7, 11) is 0.332. The lowest BCUT2D eigenvalue weighted by Gasteiger charge is -2.04. The number of anilines is 2. The molecule has 4 rings (SSSR count). The standard InChI is InChI=1S/C21H18N4O3S/c1-28-20(26)15-5-9-16(10-6-15)22-21-23-19-18(4-3-13-25(19)24-21)14-7-11-17(12-8-14)29(2)27/h3-13H,1-2H3,(H,22,24). The first-order valence-electron chi connectivity index (χ1n) is 8.80. The molecule has 0 radical (unpaired) electrons. The van der Waals surface area contributed by atoms with Crippen molar-refractivity contribution >= 4 is 34.1 Å². The van der Waals surface area contributed by atoms with Gasteiger partial charge in [0, 0.05) is 39.4 Å². The highest BCUT2D eigenvalue weighted by atomic mass is 32.2. The number of esters is 1. The molecule has 146 valence electrons. The minimum atomic E-state index is -1.02. The maximum Gasteiger partial charge on any atom is 0.337 e. The van der Waals surface area contributed by atoms with Gasteiger partial charge in [-0.05, 0) is 54.1 Å². The van der Waals surface area contributed by atoms with Crippen molar-refractivity contribution in [2.75, 3.05) is 18.7 Å². The van der Waals surface area contributed by atoms with Gasteiger partial charge in [0.2, 0.25) is 5.95 Å². The highest BCUT2D eigenvalue weighted by molar-refractivity contribution is 7.84. The number of aromatic nitrogens is 3. The van der Waals surface area contributed by atoms with E-state index in [-0.39, 0.29) is 5.97 Å². The van der Waals surface area contributed by atoms with Gasteiger partial charge in [-0.15, -0.1) is 5.10 Å². The second kappa shape index (κ2) is 7.84. The Morgan fingerprint density at radius 2 is 1.79 bits per heavy atom. The Balaban J connectivity index is 1.64. The fourth-order valence-electron chi connectivity index (χ4n) is 2.95. The van der Waals surface area contributed by atoms with Crippen LogP contribution in [0.4, 0.5) is 11.6 Å². The van der Waals surface area contributed by atoms with Gasteiger partial charge in [-0.2, -0.15) is 4.98 Å². The molecular weight excluding hydrogens is 388 g/mol. The second-order valence-electron chi connectivity index (χ2n) is 6.30. The summed E-state index contributed by atoms with van der Waals surface area (Å²) >= 11 is 0. The minimum absolute atomic E-state index is 0.384. The molecule has 0 bridgehead atoms. The summed E-state index contributed by atoms with van der Waals surface area (Å²) in [4.78, 5) is 16.9. The highest BCUT2D eigenvalue weighted by Crippen LogP contribution is 2.26. The van der Waals surface area contributed by atoms with Gasteiger partial charge in [-0.3, -0.25) is 4.21 Å². The molecule has 2 aromatic heterocycles. The van der Waals surface area contributed by atoms with E-state index in [0.29, 0.717) is 17.2 Å². The predicted octanol–water partition coefficient (Wildman–Crippen LogP) is 3.66. The molecule has 8 heteroatoms. The van der Waals surface area contributed by atoms with E-state index in [0.717, 1.165) is 21.7 Å². The molecule has 2 aromatic carbocycles. The van der Waals surface area contributed by atoms with Crippen LogP contribution in [-0.2, 0) is 15.5 Å². The first-order chi connectivity index (χ1) is 14.0. The van der Waals surface area contributed by atoms with Gasteiger partial charge in [-0.1, -0.05) is 12.1 Å². The maximum atomic E-state index is 11.6. The lowest BCUT2D eigenvalue weighted by molar-refractivity contribution is 0.0601. The first kappa shape index (κ1) is 18.8. The molecule has 1 atom stereocenters. The van der Waals surface area contributed by atoms with Gasteiger partial charge in [-0.25, -0.2) is 9.31 Å². The number of pyridine rings is 1. The number of hydrogen-bond donors (Lipinski definition) is 1. The zero-order chi connectivity index (χ0) is 20.4. The first-order valence-corrected chi connectivity index (χ1v) is 10.4. The van der Waals surface area contributed by atoms with Crippen LogP contribution in [0.15, 0.2) is 71.8 Å². The van der Waals surface area contributed by atoms with E-state index < -0.39 is 10.8 Å². The lowest BCUT2D eigenvalue weighted by Crippen LogP contribution is -2.01. The number of carbonyl (C=O) groups is 1. The van der Waals surface area contributed by atoms with Crippen molar-refractivity contribution in [1.29, 1.82) is 0 Å². The van der Waals surface area contributed by atoms with Gasteiger partial charge in [0.05, 0.1) is 12.7 Å². The van der Waals surface area contributed by atoms with Gasteiger partial charge < -0.3 is 10.1 Å². The molecule has 29 heavy (non-hydrogen) atoms. The summed E-state index contributed by atoms with van der Waals surface area (Å²) < 4.78 is 18.0. The monoisotopic (exact) mass is 406 g/mol. The van der Waals surface area contributed by atoms with E-state index in [2.05, 4.69) is 15.4 Å². The van der Waals surface area contributed by atoms with Crippen LogP contribution in [0.5, 0.6) is 0 Å². The summed E-state index contributed by atoms with van der Waals surface area (Å²) in [5.41, 5.74) is 3.81. The number of hydrogen-bond acceptors (Lipinski definition) is 6. The predicted molar refractivity (Wildman–Crippen MR) is 112 cm³/mol. The smallest absolute Gasteiger partial charge is 0.337 e. The van der Waals surface area contributed by atoms with Crippen LogP contribution in [-0.4, -0.2) is 38.1 Å². The number of nitrogens with one attached hydrogen (secondary N) is 1. The lowest BCUT2D eigenvalue weighted by atomic mass is 10.1. The Labute approximate surface area is 169 Å². The average molecular weight is 406 g/mol. The van der Waals surface area contributed by atoms with E-state index >= 15 is 0 Å². The molecule has 0 saturated heterocycles. The van der Waals surface area contributed by atoms with Crippen LogP contribution < -0.4 is 5.32 Å². The van der Waals surface area contributed by atoms with Gasteiger partial charge in [0.1, 0.15) is 0 Å². The van der Waals surface area contributed by atoms with Crippen molar-refractivity contribution in [3.05, 3.63) is 72.4 Å². The molecule has 0 aliphatic rings. The molecule has 0 fully saturated rings. The Morgan fingerprint density at radius 3 is 2.45 bits per heavy atom. The summed E-state index contributed by atoms with van der Waals surface area (Å²) in [5, 5.41) is 7.61. The Bertz CT molecular complexity index is 1200. The van der Waals surface area contributed by atoms with Crippen molar-refractivity contribution < 1.29 is 13.7 Å². The van der Waals surface area contributed by atoms with E-state index in [1.54, 1.807) is 35.0 Å². The molecule has 0 amide bonds. The summed E-state index contributed by atoms with van der Waals surface area (Å²) in [6.07, 6.45) is 3.48. The summed E-state index contributed by atoms with van der Waals surface area (Å²) in [6.45, 7) is 0. The summed E-state index contributed by atoms with van der Waals surface area (Å²) in [6, 6.07) is 18.3. The van der Waals surface area contributed by atoms with Gasteiger partial charge in [0.25, 0.3) is 0 Å². The molecule has 0 aliphatic carbocycles. The normalized spacial score (nSPS) is 11.9. The molecule has 7 nitrogen and oxygen atoms in total. The molecule has 2 heterocycles. The number of rotatable bonds is 5. The van der Waals surface area contributed by atoms with Gasteiger partial charge in [0.15, 0.2) is 5.65 Å². The fraction of sp³-hybridized carbons (Fsp3) is 0.0952. The largest absolute Gasteiger partial charge is 0.465 e. The number of carbonyl (C=O) groups excluding carboxylic acids is 1. The van der Waals surface area contributed by atoms with E-state index in [4.69, 9.17) is 4.74 Å². The van der Waals surface area contributed by atoms with Crippen LogP contribution in [0.2, 0.25) is 0 Å². The quantitative estimate of drug-likeness (QED) is 0.509. The summed E-state index contributed by atoms with van der Waals surface area (Å²) in [5.74, 6) is 0.0551. The van der Waals surface area contributed by atoms with Crippen molar-refractivity contribution in [3.63, 3.8) is 0 Å². The topological polar surface area (TPSA) is 85.6 Å². The Kier molecular flexibility index (Phi) is 5.09. The second-order valence-corrected chi connectivity index (χ2v) is 7.68. The van der Waals surface area contributed by atoms with Gasteiger partial charge >= 0.3 is 5.97 Å². The SMILES string of the molecule is COC(=O)c1ccc(Nc2nc3c(-c4ccc(S(C)=O)cc4)cccn3n2)cc1. The zero-order valence-electron chi connectivity index (χ0n) is 15.8. The van der Waals surface area contributed by atoms with Crippen molar-refractivity contribution in [2.24, 2.45) is 0 Å². The molecule has 0 saturated carbocycles. The van der Waals surface area contributed by atoms with Crippen LogP contribution in [0.1, 0.15) is 10.4 Å².